The van der Waals surface area contributed by atoms with E-state index in [0.717, 1.165) is 32.1 Å². The van der Waals surface area contributed by atoms with Gasteiger partial charge in [-0.05, 0) is 25.0 Å². The molecule has 1 N–H and O–H groups in total. The summed E-state index contributed by atoms with van der Waals surface area (Å²) in [6.07, 6.45) is 6.07. The maximum atomic E-state index is 12.3. The zero-order valence-corrected chi connectivity index (χ0v) is 14.4. The van der Waals surface area contributed by atoms with Crippen LogP contribution in [-0.2, 0) is 4.79 Å². The van der Waals surface area contributed by atoms with Gasteiger partial charge in [0.25, 0.3) is 5.91 Å². The molecule has 2 amide bonds. The molecule has 3 rings (SSSR count). The number of amides is 2. The summed E-state index contributed by atoms with van der Waals surface area (Å²) in [6, 6.07) is 5.67. The third-order valence-electron chi connectivity index (χ3n) is 5.06. The molecular weight excluding hydrogens is 320 g/mol. The van der Waals surface area contributed by atoms with Crippen LogP contribution in [0.15, 0.2) is 22.8 Å². The highest BCUT2D eigenvalue weighted by Gasteiger charge is 2.34. The van der Waals surface area contributed by atoms with Crippen molar-refractivity contribution in [3.63, 3.8) is 0 Å². The number of nitrogens with zero attached hydrogens (tertiary/aromatic N) is 3. The molecule has 0 atom stereocenters. The largest absolute Gasteiger partial charge is 0.459 e. The van der Waals surface area contributed by atoms with Gasteiger partial charge in [-0.3, -0.25) is 14.5 Å². The fourth-order valence-electron chi connectivity index (χ4n) is 3.59. The van der Waals surface area contributed by atoms with Gasteiger partial charge in [-0.1, -0.05) is 19.3 Å². The van der Waals surface area contributed by atoms with Crippen molar-refractivity contribution in [2.75, 3.05) is 32.7 Å². The normalized spacial score (nSPS) is 20.7. The summed E-state index contributed by atoms with van der Waals surface area (Å²) in [5.74, 6) is 0.133. The standard InChI is InChI=1S/C18H24N4O3/c19-14-18(6-2-1-3-7-18)20-16(23)13-21-8-10-22(11-9-21)17(24)15-5-4-12-25-15/h4-5,12H,1-3,6-11,13H2,(H,20,23). The molecule has 1 aromatic rings. The zero-order valence-electron chi connectivity index (χ0n) is 14.4. The van der Waals surface area contributed by atoms with E-state index in [0.29, 0.717) is 31.9 Å². The first kappa shape index (κ1) is 17.5. The summed E-state index contributed by atoms with van der Waals surface area (Å²) >= 11 is 0. The van der Waals surface area contributed by atoms with Crippen molar-refractivity contribution < 1.29 is 14.0 Å². The molecule has 2 fully saturated rings. The molecule has 1 aliphatic carbocycles. The maximum absolute atomic E-state index is 12.3. The molecular formula is C18H24N4O3. The summed E-state index contributed by atoms with van der Waals surface area (Å²) in [6.45, 7) is 2.68. The molecule has 2 aliphatic rings. The maximum Gasteiger partial charge on any atom is 0.289 e. The average molecular weight is 344 g/mol. The third kappa shape index (κ3) is 4.20. The van der Waals surface area contributed by atoms with Gasteiger partial charge in [-0.2, -0.15) is 5.26 Å². The van der Waals surface area contributed by atoms with E-state index in [4.69, 9.17) is 4.42 Å². The second-order valence-electron chi connectivity index (χ2n) is 6.85. The van der Waals surface area contributed by atoms with E-state index < -0.39 is 5.54 Å². The van der Waals surface area contributed by atoms with Crippen LogP contribution < -0.4 is 5.32 Å². The van der Waals surface area contributed by atoms with Crippen molar-refractivity contribution in [1.82, 2.24) is 15.1 Å². The minimum atomic E-state index is -0.688. The van der Waals surface area contributed by atoms with E-state index >= 15 is 0 Å². The van der Waals surface area contributed by atoms with E-state index in [2.05, 4.69) is 11.4 Å². The quantitative estimate of drug-likeness (QED) is 0.891. The predicted molar refractivity (Wildman–Crippen MR) is 90.6 cm³/mol. The lowest BCUT2D eigenvalue weighted by molar-refractivity contribution is -0.124. The third-order valence-corrected chi connectivity index (χ3v) is 5.06. The summed E-state index contributed by atoms with van der Waals surface area (Å²) in [7, 11) is 0. The van der Waals surface area contributed by atoms with Gasteiger partial charge >= 0.3 is 0 Å². The Morgan fingerprint density at radius 1 is 1.20 bits per heavy atom. The first-order valence-electron chi connectivity index (χ1n) is 8.89. The van der Waals surface area contributed by atoms with Crippen molar-refractivity contribution in [3.8, 4) is 6.07 Å². The highest BCUT2D eigenvalue weighted by atomic mass is 16.3. The number of furan rings is 1. The lowest BCUT2D eigenvalue weighted by Gasteiger charge is -2.35. The summed E-state index contributed by atoms with van der Waals surface area (Å²) < 4.78 is 5.15. The van der Waals surface area contributed by atoms with Crippen molar-refractivity contribution in [2.24, 2.45) is 0 Å². The minimum Gasteiger partial charge on any atom is -0.459 e. The number of nitrogens with one attached hydrogen (secondary N) is 1. The highest BCUT2D eigenvalue weighted by Crippen LogP contribution is 2.27. The van der Waals surface area contributed by atoms with E-state index in [1.807, 2.05) is 4.90 Å². The van der Waals surface area contributed by atoms with Gasteiger partial charge in [0.1, 0.15) is 5.54 Å². The smallest absolute Gasteiger partial charge is 0.289 e. The van der Waals surface area contributed by atoms with Gasteiger partial charge in [-0.15, -0.1) is 0 Å². The molecule has 1 aliphatic heterocycles. The Labute approximate surface area is 147 Å². The van der Waals surface area contributed by atoms with Crippen LogP contribution in [0.1, 0.15) is 42.7 Å². The number of carbonyl (C=O) groups is 2. The number of hydrogen-bond donors (Lipinski definition) is 1. The van der Waals surface area contributed by atoms with Crippen LogP contribution >= 0.6 is 0 Å². The fraction of sp³-hybridized carbons (Fsp3) is 0.611. The van der Waals surface area contributed by atoms with E-state index in [1.165, 1.54) is 6.26 Å². The van der Waals surface area contributed by atoms with Crippen LogP contribution in [-0.4, -0.2) is 59.9 Å². The average Bonchev–Trinajstić information content (AvgIpc) is 3.17. The Morgan fingerprint density at radius 3 is 2.52 bits per heavy atom. The molecule has 1 saturated heterocycles. The van der Waals surface area contributed by atoms with Crippen molar-refractivity contribution in [2.45, 2.75) is 37.6 Å². The van der Waals surface area contributed by atoms with E-state index in [-0.39, 0.29) is 18.4 Å². The highest BCUT2D eigenvalue weighted by molar-refractivity contribution is 5.91. The van der Waals surface area contributed by atoms with Crippen LogP contribution in [0.2, 0.25) is 0 Å². The first-order valence-corrected chi connectivity index (χ1v) is 8.89. The Hall–Kier alpha value is -2.33. The number of piperazine rings is 1. The van der Waals surface area contributed by atoms with Crippen LogP contribution in [0.5, 0.6) is 0 Å². The predicted octanol–water partition coefficient (Wildman–Crippen LogP) is 1.38. The molecule has 1 aromatic heterocycles. The van der Waals surface area contributed by atoms with E-state index in [9.17, 15) is 14.9 Å². The van der Waals surface area contributed by atoms with Crippen molar-refractivity contribution in [1.29, 1.82) is 5.26 Å². The lowest BCUT2D eigenvalue weighted by atomic mass is 9.83. The van der Waals surface area contributed by atoms with E-state index in [1.54, 1.807) is 17.0 Å². The molecule has 7 nitrogen and oxygen atoms in total. The minimum absolute atomic E-state index is 0.103. The molecule has 7 heteroatoms. The van der Waals surface area contributed by atoms with Crippen LogP contribution in [0.25, 0.3) is 0 Å². The van der Waals surface area contributed by atoms with Gasteiger partial charge in [0.2, 0.25) is 5.91 Å². The molecule has 0 unspecified atom stereocenters. The Balaban J connectivity index is 1.46. The van der Waals surface area contributed by atoms with Crippen LogP contribution in [0, 0.1) is 11.3 Å². The molecule has 0 radical (unpaired) electrons. The van der Waals surface area contributed by atoms with Crippen molar-refractivity contribution >= 4 is 11.8 Å². The monoisotopic (exact) mass is 344 g/mol. The van der Waals surface area contributed by atoms with Crippen LogP contribution in [0.4, 0.5) is 0 Å². The number of hydrogen-bond acceptors (Lipinski definition) is 5. The number of carbonyl (C=O) groups excluding carboxylic acids is 2. The summed E-state index contributed by atoms with van der Waals surface area (Å²) in [5, 5.41) is 12.4. The topological polar surface area (TPSA) is 89.6 Å². The second kappa shape index (κ2) is 7.70. The second-order valence-corrected chi connectivity index (χ2v) is 6.85. The van der Waals surface area contributed by atoms with Gasteiger partial charge in [-0.25, -0.2) is 0 Å². The van der Waals surface area contributed by atoms with Crippen LogP contribution in [0.3, 0.4) is 0 Å². The zero-order chi connectivity index (χ0) is 17.7. The Bertz CT molecular complexity index is 636. The molecule has 2 heterocycles. The molecule has 1 saturated carbocycles. The molecule has 0 bridgehead atoms. The lowest BCUT2D eigenvalue weighted by Crippen LogP contribution is -2.54. The first-order chi connectivity index (χ1) is 12.1. The van der Waals surface area contributed by atoms with Gasteiger partial charge in [0, 0.05) is 26.2 Å². The van der Waals surface area contributed by atoms with Gasteiger partial charge < -0.3 is 14.6 Å². The fourth-order valence-corrected chi connectivity index (χ4v) is 3.59. The molecule has 0 spiro atoms. The Kier molecular flexibility index (Phi) is 5.39. The SMILES string of the molecule is N#CC1(NC(=O)CN2CCN(C(=O)c3ccco3)CC2)CCCCC1. The molecule has 25 heavy (non-hydrogen) atoms. The summed E-state index contributed by atoms with van der Waals surface area (Å²) in [5.41, 5.74) is -0.688. The van der Waals surface area contributed by atoms with Crippen molar-refractivity contribution in [3.05, 3.63) is 24.2 Å². The number of nitriles is 1. The van der Waals surface area contributed by atoms with Gasteiger partial charge in [0.15, 0.2) is 5.76 Å². The molecule has 134 valence electrons. The summed E-state index contributed by atoms with van der Waals surface area (Å²) in [4.78, 5) is 28.3. The Morgan fingerprint density at radius 2 is 1.92 bits per heavy atom. The number of rotatable bonds is 4. The molecule has 0 aromatic carbocycles. The van der Waals surface area contributed by atoms with Gasteiger partial charge in [0.05, 0.1) is 18.9 Å².